The van der Waals surface area contributed by atoms with E-state index in [9.17, 15) is 22.8 Å². The number of piperazine rings is 1. The van der Waals surface area contributed by atoms with Crippen molar-refractivity contribution in [1.82, 2.24) is 14.9 Å². The summed E-state index contributed by atoms with van der Waals surface area (Å²) in [5.74, 6) is -0.451. The number of aromatic nitrogens is 2. The van der Waals surface area contributed by atoms with Crippen molar-refractivity contribution in [3.8, 4) is 0 Å². The first kappa shape index (κ1) is 19.6. The van der Waals surface area contributed by atoms with Crippen molar-refractivity contribution < 1.29 is 22.8 Å². The van der Waals surface area contributed by atoms with E-state index in [1.807, 2.05) is 4.90 Å². The van der Waals surface area contributed by atoms with E-state index in [-0.39, 0.29) is 11.6 Å². The van der Waals surface area contributed by atoms with Gasteiger partial charge in [-0.3, -0.25) is 9.59 Å². The maximum absolute atomic E-state index is 12.7. The van der Waals surface area contributed by atoms with Gasteiger partial charge in [0.25, 0.3) is 0 Å². The van der Waals surface area contributed by atoms with Gasteiger partial charge in [0.1, 0.15) is 6.42 Å². The quantitative estimate of drug-likeness (QED) is 0.806. The van der Waals surface area contributed by atoms with Crippen LogP contribution in [0.5, 0.6) is 0 Å². The van der Waals surface area contributed by atoms with E-state index < -0.39 is 24.1 Å². The van der Waals surface area contributed by atoms with Gasteiger partial charge in [-0.2, -0.15) is 13.2 Å². The van der Waals surface area contributed by atoms with E-state index in [0.717, 1.165) is 12.1 Å². The van der Waals surface area contributed by atoms with Crippen LogP contribution in [-0.4, -0.2) is 52.9 Å². The Morgan fingerprint density at radius 2 is 1.71 bits per heavy atom. The van der Waals surface area contributed by atoms with Gasteiger partial charge in [-0.1, -0.05) is 6.07 Å². The smallest absolute Gasteiger partial charge is 0.339 e. The lowest BCUT2D eigenvalue weighted by Crippen LogP contribution is -2.49. The molecule has 0 spiro atoms. The molecule has 0 unspecified atom stereocenters. The number of benzene rings is 1. The normalized spacial score (nSPS) is 14.7. The molecule has 1 aliphatic heterocycles. The Kier molecular flexibility index (Phi) is 5.76. The fraction of sp³-hybridized carbons (Fsp3) is 0.333. The highest BCUT2D eigenvalue weighted by atomic mass is 19.4. The van der Waals surface area contributed by atoms with Crippen molar-refractivity contribution in [2.24, 2.45) is 0 Å². The molecule has 2 amide bonds. The third-order valence-corrected chi connectivity index (χ3v) is 4.25. The number of alkyl halides is 3. The molecular weight excluding hydrogens is 375 g/mol. The number of rotatable bonds is 4. The van der Waals surface area contributed by atoms with Crippen LogP contribution in [0.15, 0.2) is 42.7 Å². The van der Waals surface area contributed by atoms with Crippen LogP contribution in [0.4, 0.5) is 24.8 Å². The largest absolute Gasteiger partial charge is 0.416 e. The summed E-state index contributed by atoms with van der Waals surface area (Å²) in [6.45, 7) is 1.89. The van der Waals surface area contributed by atoms with Gasteiger partial charge < -0.3 is 15.1 Å². The van der Waals surface area contributed by atoms with Gasteiger partial charge >= 0.3 is 6.18 Å². The predicted molar refractivity (Wildman–Crippen MR) is 95.5 cm³/mol. The maximum Gasteiger partial charge on any atom is 0.416 e. The Morgan fingerprint density at radius 1 is 1.04 bits per heavy atom. The summed E-state index contributed by atoms with van der Waals surface area (Å²) >= 11 is 0. The van der Waals surface area contributed by atoms with Gasteiger partial charge in [-0.15, -0.1) is 0 Å². The lowest BCUT2D eigenvalue weighted by Gasteiger charge is -2.34. The summed E-state index contributed by atoms with van der Waals surface area (Å²) in [7, 11) is 0. The third kappa shape index (κ3) is 4.96. The summed E-state index contributed by atoms with van der Waals surface area (Å²) < 4.78 is 38.2. The van der Waals surface area contributed by atoms with Crippen LogP contribution in [-0.2, 0) is 15.8 Å². The first-order valence-corrected chi connectivity index (χ1v) is 8.60. The summed E-state index contributed by atoms with van der Waals surface area (Å²) in [4.78, 5) is 36.1. The number of carbonyl (C=O) groups is 2. The zero-order valence-electron chi connectivity index (χ0n) is 14.8. The summed E-state index contributed by atoms with van der Waals surface area (Å²) in [6, 6.07) is 6.01. The minimum absolute atomic E-state index is 0.00123. The Hall–Kier alpha value is -3.17. The molecule has 10 heteroatoms. The molecule has 0 radical (unpaired) electrons. The van der Waals surface area contributed by atoms with Crippen LogP contribution in [0.3, 0.4) is 0 Å². The molecule has 7 nitrogen and oxygen atoms in total. The third-order valence-electron chi connectivity index (χ3n) is 4.25. The van der Waals surface area contributed by atoms with Crippen molar-refractivity contribution in [3.05, 3.63) is 48.3 Å². The standard InChI is InChI=1S/C18H18F3N5O2/c19-18(20,21)13-3-1-4-14(11-13)24-15(27)12-16(28)25-7-9-26(10-8-25)17-22-5-2-6-23-17/h1-6,11H,7-10,12H2,(H,24,27). The van der Waals surface area contributed by atoms with Gasteiger partial charge in [-0.25, -0.2) is 9.97 Å². The van der Waals surface area contributed by atoms with E-state index in [1.165, 1.54) is 12.1 Å². The van der Waals surface area contributed by atoms with Crippen molar-refractivity contribution >= 4 is 23.5 Å². The van der Waals surface area contributed by atoms with Crippen LogP contribution in [0.2, 0.25) is 0 Å². The SMILES string of the molecule is O=C(CC(=O)N1CCN(c2ncccn2)CC1)Nc1cccc(C(F)(F)F)c1. The van der Waals surface area contributed by atoms with Crippen molar-refractivity contribution in [1.29, 1.82) is 0 Å². The second kappa shape index (κ2) is 8.24. The number of carbonyl (C=O) groups excluding carboxylic acids is 2. The molecular formula is C18H18F3N5O2. The van der Waals surface area contributed by atoms with E-state index in [1.54, 1.807) is 23.4 Å². The molecule has 0 saturated carbocycles. The molecule has 1 saturated heterocycles. The number of anilines is 2. The molecule has 1 aromatic carbocycles. The van der Waals surface area contributed by atoms with Crippen LogP contribution >= 0.6 is 0 Å². The minimum Gasteiger partial charge on any atom is -0.339 e. The van der Waals surface area contributed by atoms with Crippen molar-refractivity contribution in [2.75, 3.05) is 36.4 Å². The first-order valence-electron chi connectivity index (χ1n) is 8.60. The Labute approximate surface area is 159 Å². The summed E-state index contributed by atoms with van der Waals surface area (Å²) in [5.41, 5.74) is -0.866. The van der Waals surface area contributed by atoms with E-state index in [4.69, 9.17) is 0 Å². The van der Waals surface area contributed by atoms with E-state index in [2.05, 4.69) is 15.3 Å². The van der Waals surface area contributed by atoms with Gasteiger partial charge in [-0.05, 0) is 24.3 Å². The Morgan fingerprint density at radius 3 is 2.36 bits per heavy atom. The fourth-order valence-electron chi connectivity index (χ4n) is 2.84. The zero-order chi connectivity index (χ0) is 20.1. The van der Waals surface area contributed by atoms with E-state index in [0.29, 0.717) is 32.1 Å². The molecule has 1 aliphatic rings. The topological polar surface area (TPSA) is 78.4 Å². The molecule has 0 atom stereocenters. The van der Waals surface area contributed by atoms with Crippen molar-refractivity contribution in [3.63, 3.8) is 0 Å². The summed E-state index contributed by atoms with van der Waals surface area (Å²) in [5, 5.41) is 2.34. The monoisotopic (exact) mass is 393 g/mol. The van der Waals surface area contributed by atoms with Crippen LogP contribution < -0.4 is 10.2 Å². The van der Waals surface area contributed by atoms with Crippen LogP contribution in [0.1, 0.15) is 12.0 Å². The van der Waals surface area contributed by atoms with Gasteiger partial charge in [0.05, 0.1) is 5.56 Å². The average Bonchev–Trinajstić information content (AvgIpc) is 2.68. The molecule has 1 aromatic heterocycles. The van der Waals surface area contributed by atoms with Gasteiger partial charge in [0.15, 0.2) is 0 Å². The molecule has 148 valence electrons. The van der Waals surface area contributed by atoms with E-state index >= 15 is 0 Å². The van der Waals surface area contributed by atoms with Gasteiger partial charge in [0, 0.05) is 44.3 Å². The second-order valence-electron chi connectivity index (χ2n) is 6.22. The number of amides is 2. The predicted octanol–water partition coefficient (Wildman–Crippen LogP) is 2.17. The second-order valence-corrected chi connectivity index (χ2v) is 6.22. The molecule has 0 bridgehead atoms. The number of nitrogens with one attached hydrogen (secondary N) is 1. The molecule has 0 aliphatic carbocycles. The first-order chi connectivity index (χ1) is 13.3. The highest BCUT2D eigenvalue weighted by molar-refractivity contribution is 6.03. The Bertz CT molecular complexity index is 837. The average molecular weight is 393 g/mol. The minimum atomic E-state index is -4.50. The lowest BCUT2D eigenvalue weighted by atomic mass is 10.2. The molecule has 1 fully saturated rings. The van der Waals surface area contributed by atoms with Gasteiger partial charge in [0.2, 0.25) is 17.8 Å². The molecule has 3 rings (SSSR count). The maximum atomic E-state index is 12.7. The zero-order valence-corrected chi connectivity index (χ0v) is 14.8. The highest BCUT2D eigenvalue weighted by Crippen LogP contribution is 2.30. The fourth-order valence-corrected chi connectivity index (χ4v) is 2.84. The number of nitrogens with zero attached hydrogens (tertiary/aromatic N) is 4. The van der Waals surface area contributed by atoms with Crippen molar-refractivity contribution in [2.45, 2.75) is 12.6 Å². The number of hydrogen-bond acceptors (Lipinski definition) is 5. The number of halogens is 3. The summed E-state index contributed by atoms with van der Waals surface area (Å²) in [6.07, 6.45) is -1.66. The number of hydrogen-bond donors (Lipinski definition) is 1. The molecule has 2 heterocycles. The highest BCUT2D eigenvalue weighted by Gasteiger charge is 2.30. The Balaban J connectivity index is 1.51. The molecule has 2 aromatic rings. The molecule has 1 N–H and O–H groups in total. The lowest BCUT2D eigenvalue weighted by molar-refractivity contribution is -0.138. The van der Waals surface area contributed by atoms with Crippen LogP contribution in [0, 0.1) is 0 Å². The molecule has 28 heavy (non-hydrogen) atoms. The van der Waals surface area contributed by atoms with Crippen LogP contribution in [0.25, 0.3) is 0 Å².